The zero-order valence-electron chi connectivity index (χ0n) is 12.7. The van der Waals surface area contributed by atoms with E-state index in [4.69, 9.17) is 9.31 Å². The molecule has 0 aromatic heterocycles. The summed E-state index contributed by atoms with van der Waals surface area (Å²) in [4.78, 5) is 0. The molecule has 0 spiro atoms. The van der Waals surface area contributed by atoms with Crippen LogP contribution in [0.2, 0.25) is 0 Å². The Morgan fingerprint density at radius 3 is 1.95 bits per heavy atom. The van der Waals surface area contributed by atoms with Gasteiger partial charge in [-0.05, 0) is 34.6 Å². The molecule has 106 valence electrons. The highest BCUT2D eigenvalue weighted by Crippen LogP contribution is 2.32. The van der Waals surface area contributed by atoms with E-state index in [0.29, 0.717) is 0 Å². The summed E-state index contributed by atoms with van der Waals surface area (Å²) in [6.07, 6.45) is 2.03. The molecule has 0 amide bonds. The Balaban J connectivity index is 1.68. The number of benzene rings is 2. The SMILES string of the molecule is CC(C)(C)c1ccc(/C=C/B2Oc3ccccc3O2)cc1. The summed E-state index contributed by atoms with van der Waals surface area (Å²) in [7, 11) is -0.343. The molecule has 0 saturated carbocycles. The van der Waals surface area contributed by atoms with Gasteiger partial charge in [-0.1, -0.05) is 63.2 Å². The van der Waals surface area contributed by atoms with Gasteiger partial charge >= 0.3 is 7.12 Å². The topological polar surface area (TPSA) is 18.5 Å². The quantitative estimate of drug-likeness (QED) is 0.753. The monoisotopic (exact) mass is 278 g/mol. The summed E-state index contributed by atoms with van der Waals surface area (Å²) in [6.45, 7) is 6.65. The molecule has 0 atom stereocenters. The van der Waals surface area contributed by atoms with Crippen molar-refractivity contribution in [2.45, 2.75) is 26.2 Å². The van der Waals surface area contributed by atoms with Gasteiger partial charge in [-0.2, -0.15) is 0 Å². The summed E-state index contributed by atoms with van der Waals surface area (Å²) >= 11 is 0. The zero-order valence-corrected chi connectivity index (χ0v) is 12.7. The third kappa shape index (κ3) is 3.13. The Bertz CT molecular complexity index is 629. The van der Waals surface area contributed by atoms with Crippen molar-refractivity contribution >= 4 is 13.2 Å². The largest absolute Gasteiger partial charge is 0.625 e. The Labute approximate surface area is 126 Å². The maximum absolute atomic E-state index is 5.70. The van der Waals surface area contributed by atoms with Gasteiger partial charge in [0.05, 0.1) is 0 Å². The third-order valence-corrected chi connectivity index (χ3v) is 3.56. The highest BCUT2D eigenvalue weighted by molar-refractivity contribution is 6.54. The van der Waals surface area contributed by atoms with Gasteiger partial charge in [0.1, 0.15) is 11.5 Å². The van der Waals surface area contributed by atoms with Crippen LogP contribution in [0.5, 0.6) is 11.5 Å². The van der Waals surface area contributed by atoms with E-state index in [9.17, 15) is 0 Å². The molecule has 1 heterocycles. The van der Waals surface area contributed by atoms with E-state index >= 15 is 0 Å². The molecule has 0 N–H and O–H groups in total. The Morgan fingerprint density at radius 1 is 0.857 bits per heavy atom. The van der Waals surface area contributed by atoms with Crippen LogP contribution in [0.25, 0.3) is 6.08 Å². The molecule has 0 unspecified atom stereocenters. The fourth-order valence-corrected chi connectivity index (χ4v) is 2.28. The van der Waals surface area contributed by atoms with E-state index in [2.05, 4.69) is 45.0 Å². The van der Waals surface area contributed by atoms with E-state index in [1.807, 2.05) is 36.3 Å². The molecule has 2 aromatic carbocycles. The summed E-state index contributed by atoms with van der Waals surface area (Å²) in [6, 6.07) is 16.3. The van der Waals surface area contributed by atoms with Crippen LogP contribution < -0.4 is 9.31 Å². The predicted octanol–water partition coefficient (Wildman–Crippen LogP) is 4.50. The standard InChI is InChI=1S/C18H19BO2/c1-18(2,3)15-10-8-14(9-11-15)12-13-19-20-16-6-4-5-7-17(16)21-19/h4-13H,1-3H3/b13-12+. The van der Waals surface area contributed by atoms with E-state index in [1.54, 1.807) is 0 Å². The molecule has 0 saturated heterocycles. The van der Waals surface area contributed by atoms with Crippen LogP contribution in [0.1, 0.15) is 31.9 Å². The molecule has 0 radical (unpaired) electrons. The maximum Gasteiger partial charge on any atom is 0.625 e. The number of fused-ring (bicyclic) bond motifs is 1. The summed E-state index contributed by atoms with van der Waals surface area (Å²) < 4.78 is 11.4. The Kier molecular flexibility index (Phi) is 3.50. The van der Waals surface area contributed by atoms with Gasteiger partial charge in [-0.15, -0.1) is 0 Å². The summed E-state index contributed by atoms with van der Waals surface area (Å²) in [5, 5.41) is 0. The lowest BCUT2D eigenvalue weighted by molar-refractivity contribution is 0.517. The second-order valence-electron chi connectivity index (χ2n) is 6.28. The van der Waals surface area contributed by atoms with Gasteiger partial charge in [0.2, 0.25) is 0 Å². The van der Waals surface area contributed by atoms with Gasteiger partial charge in [0, 0.05) is 0 Å². The van der Waals surface area contributed by atoms with Crippen LogP contribution in [-0.4, -0.2) is 7.12 Å². The minimum Gasteiger partial charge on any atom is -0.520 e. The van der Waals surface area contributed by atoms with Crippen LogP contribution >= 0.6 is 0 Å². The predicted molar refractivity (Wildman–Crippen MR) is 87.6 cm³/mol. The Morgan fingerprint density at radius 2 is 1.43 bits per heavy atom. The smallest absolute Gasteiger partial charge is 0.520 e. The molecule has 21 heavy (non-hydrogen) atoms. The second kappa shape index (κ2) is 5.32. The third-order valence-electron chi connectivity index (χ3n) is 3.56. The van der Waals surface area contributed by atoms with E-state index in [0.717, 1.165) is 17.1 Å². The van der Waals surface area contributed by atoms with Crippen LogP contribution in [0.4, 0.5) is 0 Å². The molecule has 3 rings (SSSR count). The fraction of sp³-hybridized carbons (Fsp3) is 0.222. The first-order valence-corrected chi connectivity index (χ1v) is 7.23. The summed E-state index contributed by atoms with van der Waals surface area (Å²) in [5.41, 5.74) is 2.66. The molecule has 3 heteroatoms. The van der Waals surface area contributed by atoms with Crippen molar-refractivity contribution < 1.29 is 9.31 Å². The number of hydrogen-bond donors (Lipinski definition) is 0. The molecular weight excluding hydrogens is 259 g/mol. The minimum atomic E-state index is -0.343. The normalized spacial score (nSPS) is 14.0. The molecule has 1 aliphatic heterocycles. The second-order valence-corrected chi connectivity index (χ2v) is 6.28. The van der Waals surface area contributed by atoms with Crippen LogP contribution in [0.15, 0.2) is 54.5 Å². The van der Waals surface area contributed by atoms with Gasteiger partial charge in [-0.25, -0.2) is 0 Å². The van der Waals surface area contributed by atoms with Crippen LogP contribution in [-0.2, 0) is 5.41 Å². The fourth-order valence-electron chi connectivity index (χ4n) is 2.28. The highest BCUT2D eigenvalue weighted by Gasteiger charge is 2.28. The van der Waals surface area contributed by atoms with Gasteiger partial charge < -0.3 is 9.31 Å². The number of rotatable bonds is 2. The van der Waals surface area contributed by atoms with E-state index in [1.165, 1.54) is 5.56 Å². The summed E-state index contributed by atoms with van der Waals surface area (Å²) in [5.74, 6) is 3.54. The van der Waals surface area contributed by atoms with Crippen molar-refractivity contribution in [3.8, 4) is 11.5 Å². The average Bonchev–Trinajstić information content (AvgIpc) is 2.87. The lowest BCUT2D eigenvalue weighted by Gasteiger charge is -2.18. The molecular formula is C18H19BO2. The lowest BCUT2D eigenvalue weighted by atomic mass is 9.86. The maximum atomic E-state index is 5.70. The van der Waals surface area contributed by atoms with Crippen molar-refractivity contribution in [3.63, 3.8) is 0 Å². The molecule has 0 fully saturated rings. The van der Waals surface area contributed by atoms with Crippen molar-refractivity contribution in [1.82, 2.24) is 0 Å². The first kappa shape index (κ1) is 13.8. The number of para-hydroxylation sites is 2. The molecule has 2 nitrogen and oxygen atoms in total. The Hall–Kier alpha value is -2.16. The average molecular weight is 278 g/mol. The van der Waals surface area contributed by atoms with E-state index in [-0.39, 0.29) is 12.5 Å². The first-order chi connectivity index (χ1) is 10.0. The van der Waals surface area contributed by atoms with Crippen molar-refractivity contribution in [1.29, 1.82) is 0 Å². The van der Waals surface area contributed by atoms with Crippen molar-refractivity contribution in [2.75, 3.05) is 0 Å². The van der Waals surface area contributed by atoms with Gasteiger partial charge in [0.15, 0.2) is 0 Å². The number of hydrogen-bond acceptors (Lipinski definition) is 2. The highest BCUT2D eigenvalue weighted by atomic mass is 16.6. The van der Waals surface area contributed by atoms with Gasteiger partial charge in [-0.3, -0.25) is 0 Å². The van der Waals surface area contributed by atoms with Crippen molar-refractivity contribution in [3.05, 3.63) is 65.6 Å². The van der Waals surface area contributed by atoms with Crippen LogP contribution in [0.3, 0.4) is 0 Å². The van der Waals surface area contributed by atoms with Crippen molar-refractivity contribution in [2.24, 2.45) is 0 Å². The minimum absolute atomic E-state index is 0.182. The van der Waals surface area contributed by atoms with E-state index < -0.39 is 0 Å². The first-order valence-electron chi connectivity index (χ1n) is 7.23. The van der Waals surface area contributed by atoms with Gasteiger partial charge in [0.25, 0.3) is 0 Å². The molecule has 0 aliphatic carbocycles. The zero-order chi connectivity index (χ0) is 14.9. The lowest BCUT2D eigenvalue weighted by Crippen LogP contribution is -2.21. The van der Waals surface area contributed by atoms with Crippen LogP contribution in [0, 0.1) is 0 Å². The molecule has 2 aromatic rings. The molecule has 1 aliphatic rings. The molecule has 0 bridgehead atoms.